The first kappa shape index (κ1) is 15.5. The van der Waals surface area contributed by atoms with Crippen molar-refractivity contribution in [3.05, 3.63) is 29.8 Å². The van der Waals surface area contributed by atoms with E-state index in [1.54, 1.807) is 0 Å². The number of para-hydroxylation sites is 1. The number of nitrogens with one attached hydrogen (secondary N) is 2. The fourth-order valence-electron chi connectivity index (χ4n) is 1.94. The molecule has 0 heterocycles. The monoisotopic (exact) mass is 263 g/mol. The van der Waals surface area contributed by atoms with Crippen molar-refractivity contribution < 1.29 is 4.74 Å². The Hall–Kier alpha value is -1.55. The Morgan fingerprint density at radius 2 is 1.84 bits per heavy atom. The van der Waals surface area contributed by atoms with E-state index in [-0.39, 0.29) is 5.84 Å². The van der Waals surface area contributed by atoms with Gasteiger partial charge in [0.15, 0.2) is 0 Å². The highest BCUT2D eigenvalue weighted by molar-refractivity contribution is 5.98. The lowest BCUT2D eigenvalue weighted by Gasteiger charge is -2.11. The molecular formula is C15H25N3O. The SMILES string of the molecule is CCCCCCCCOc1ccccc1C(=N)NN. The van der Waals surface area contributed by atoms with Gasteiger partial charge in [-0.25, -0.2) is 5.84 Å². The number of amidine groups is 1. The second-order valence-electron chi connectivity index (χ2n) is 4.63. The number of rotatable bonds is 9. The number of nitrogens with two attached hydrogens (primary N) is 1. The van der Waals surface area contributed by atoms with Crippen LogP contribution in [0.4, 0.5) is 0 Å². The molecule has 0 spiro atoms. The number of hydrazine groups is 1. The van der Waals surface area contributed by atoms with Gasteiger partial charge in [-0.05, 0) is 18.6 Å². The molecule has 1 aromatic carbocycles. The average Bonchev–Trinajstić information content (AvgIpc) is 2.46. The van der Waals surface area contributed by atoms with E-state index in [1.807, 2.05) is 24.3 Å². The summed E-state index contributed by atoms with van der Waals surface area (Å²) in [5.41, 5.74) is 3.05. The Labute approximate surface area is 115 Å². The van der Waals surface area contributed by atoms with Gasteiger partial charge in [-0.3, -0.25) is 5.41 Å². The number of benzene rings is 1. The maximum absolute atomic E-state index is 7.70. The van der Waals surface area contributed by atoms with E-state index < -0.39 is 0 Å². The summed E-state index contributed by atoms with van der Waals surface area (Å²) in [7, 11) is 0. The fourth-order valence-corrected chi connectivity index (χ4v) is 1.94. The van der Waals surface area contributed by atoms with Crippen molar-refractivity contribution in [1.29, 1.82) is 5.41 Å². The quantitative estimate of drug-likeness (QED) is 0.211. The minimum atomic E-state index is 0.179. The van der Waals surface area contributed by atoms with Crippen molar-refractivity contribution in [2.75, 3.05) is 6.61 Å². The van der Waals surface area contributed by atoms with Gasteiger partial charge in [0.05, 0.1) is 12.2 Å². The summed E-state index contributed by atoms with van der Waals surface area (Å²) >= 11 is 0. The first-order valence-corrected chi connectivity index (χ1v) is 7.07. The second kappa shape index (κ2) is 9.39. The van der Waals surface area contributed by atoms with E-state index in [2.05, 4.69) is 12.3 Å². The van der Waals surface area contributed by atoms with E-state index in [4.69, 9.17) is 16.0 Å². The third-order valence-electron chi connectivity index (χ3n) is 3.06. The van der Waals surface area contributed by atoms with Gasteiger partial charge in [0.25, 0.3) is 0 Å². The molecule has 4 heteroatoms. The van der Waals surface area contributed by atoms with Gasteiger partial charge in [0, 0.05) is 0 Å². The zero-order valence-electron chi connectivity index (χ0n) is 11.7. The van der Waals surface area contributed by atoms with Crippen LogP contribution in [0.25, 0.3) is 0 Å². The Kier molecular flexibility index (Phi) is 7.66. The van der Waals surface area contributed by atoms with Crippen molar-refractivity contribution in [3.8, 4) is 5.75 Å². The van der Waals surface area contributed by atoms with E-state index in [9.17, 15) is 0 Å². The van der Waals surface area contributed by atoms with Crippen LogP contribution in [-0.4, -0.2) is 12.4 Å². The molecule has 0 aliphatic heterocycles. The lowest BCUT2D eigenvalue weighted by atomic mass is 10.1. The third kappa shape index (κ3) is 5.75. The Balaban J connectivity index is 2.31. The van der Waals surface area contributed by atoms with Crippen LogP contribution in [0.15, 0.2) is 24.3 Å². The van der Waals surface area contributed by atoms with Gasteiger partial charge < -0.3 is 10.2 Å². The number of hydrogen-bond acceptors (Lipinski definition) is 3. The molecule has 4 nitrogen and oxygen atoms in total. The molecule has 0 atom stereocenters. The van der Waals surface area contributed by atoms with E-state index >= 15 is 0 Å². The van der Waals surface area contributed by atoms with Crippen molar-refractivity contribution in [2.24, 2.45) is 5.84 Å². The van der Waals surface area contributed by atoms with Gasteiger partial charge in [0.2, 0.25) is 0 Å². The Bertz CT molecular complexity index is 379. The minimum Gasteiger partial charge on any atom is -0.493 e. The van der Waals surface area contributed by atoms with E-state index in [1.165, 1.54) is 32.1 Å². The molecule has 1 aromatic rings. The van der Waals surface area contributed by atoms with Crippen LogP contribution in [0.5, 0.6) is 5.75 Å². The lowest BCUT2D eigenvalue weighted by Crippen LogP contribution is -2.30. The molecule has 0 unspecified atom stereocenters. The molecule has 0 fully saturated rings. The smallest absolute Gasteiger partial charge is 0.143 e. The normalized spacial score (nSPS) is 10.2. The molecule has 0 bridgehead atoms. The summed E-state index contributed by atoms with van der Waals surface area (Å²) in [6.07, 6.45) is 7.45. The summed E-state index contributed by atoms with van der Waals surface area (Å²) in [6, 6.07) is 7.49. The first-order valence-electron chi connectivity index (χ1n) is 7.07. The van der Waals surface area contributed by atoms with Crippen LogP contribution < -0.4 is 16.0 Å². The molecule has 0 aromatic heterocycles. The van der Waals surface area contributed by atoms with Gasteiger partial charge in [0.1, 0.15) is 11.6 Å². The van der Waals surface area contributed by atoms with Gasteiger partial charge in [-0.2, -0.15) is 0 Å². The molecule has 0 radical (unpaired) electrons. The zero-order valence-corrected chi connectivity index (χ0v) is 11.7. The maximum Gasteiger partial charge on any atom is 0.143 e. The lowest BCUT2D eigenvalue weighted by molar-refractivity contribution is 0.303. The summed E-state index contributed by atoms with van der Waals surface area (Å²) in [4.78, 5) is 0. The molecule has 4 N–H and O–H groups in total. The summed E-state index contributed by atoms with van der Waals surface area (Å²) in [5, 5.41) is 7.70. The topological polar surface area (TPSA) is 71.1 Å². The van der Waals surface area contributed by atoms with Crippen LogP contribution >= 0.6 is 0 Å². The highest BCUT2D eigenvalue weighted by Gasteiger charge is 2.06. The van der Waals surface area contributed by atoms with Crippen LogP contribution in [-0.2, 0) is 0 Å². The highest BCUT2D eigenvalue weighted by Crippen LogP contribution is 2.18. The third-order valence-corrected chi connectivity index (χ3v) is 3.06. The highest BCUT2D eigenvalue weighted by atomic mass is 16.5. The molecular weight excluding hydrogens is 238 g/mol. The van der Waals surface area contributed by atoms with Gasteiger partial charge >= 0.3 is 0 Å². The van der Waals surface area contributed by atoms with Gasteiger partial charge in [-0.1, -0.05) is 51.2 Å². The van der Waals surface area contributed by atoms with Crippen molar-refractivity contribution in [1.82, 2.24) is 5.43 Å². The molecule has 106 valence electrons. The molecule has 0 saturated heterocycles. The standard InChI is InChI=1S/C15H25N3O/c1-2-3-4-5-6-9-12-19-14-11-8-7-10-13(14)15(16)18-17/h7-8,10-11H,2-6,9,12,17H2,1H3,(H2,16,18). The van der Waals surface area contributed by atoms with E-state index in [0.29, 0.717) is 12.2 Å². The summed E-state index contributed by atoms with van der Waals surface area (Å²) in [6.45, 7) is 2.92. The fraction of sp³-hybridized carbons (Fsp3) is 0.533. The molecule has 1 rings (SSSR count). The summed E-state index contributed by atoms with van der Waals surface area (Å²) < 4.78 is 5.73. The molecule has 0 aliphatic rings. The first-order chi connectivity index (χ1) is 9.29. The number of hydrogen-bond donors (Lipinski definition) is 3. The molecule has 0 aliphatic carbocycles. The largest absolute Gasteiger partial charge is 0.493 e. The summed E-state index contributed by atoms with van der Waals surface area (Å²) in [5.74, 6) is 6.17. The predicted octanol–water partition coefficient (Wildman–Crippen LogP) is 3.21. The Morgan fingerprint density at radius 1 is 1.16 bits per heavy atom. The minimum absolute atomic E-state index is 0.179. The van der Waals surface area contributed by atoms with Crippen molar-refractivity contribution >= 4 is 5.84 Å². The van der Waals surface area contributed by atoms with Crippen LogP contribution in [0.1, 0.15) is 51.0 Å². The zero-order chi connectivity index (χ0) is 13.9. The number of unbranched alkanes of at least 4 members (excludes halogenated alkanes) is 5. The van der Waals surface area contributed by atoms with Gasteiger partial charge in [-0.15, -0.1) is 0 Å². The predicted molar refractivity (Wildman–Crippen MR) is 79.5 cm³/mol. The molecule has 0 saturated carbocycles. The average molecular weight is 263 g/mol. The number of ether oxygens (including phenoxy) is 1. The van der Waals surface area contributed by atoms with E-state index in [0.717, 1.165) is 12.2 Å². The molecule has 19 heavy (non-hydrogen) atoms. The Morgan fingerprint density at radius 3 is 2.58 bits per heavy atom. The maximum atomic E-state index is 7.70. The van der Waals surface area contributed by atoms with Crippen LogP contribution in [0.3, 0.4) is 0 Å². The molecule has 0 amide bonds. The van der Waals surface area contributed by atoms with Crippen LogP contribution in [0, 0.1) is 5.41 Å². The second-order valence-corrected chi connectivity index (χ2v) is 4.63. The van der Waals surface area contributed by atoms with Crippen molar-refractivity contribution in [3.63, 3.8) is 0 Å². The van der Waals surface area contributed by atoms with Crippen LogP contribution in [0.2, 0.25) is 0 Å². The van der Waals surface area contributed by atoms with Crippen molar-refractivity contribution in [2.45, 2.75) is 45.4 Å².